The van der Waals surface area contributed by atoms with Crippen LogP contribution in [0.5, 0.6) is 0 Å². The third-order valence-electron chi connectivity index (χ3n) is 4.80. The second-order valence-electron chi connectivity index (χ2n) is 6.99. The van der Waals surface area contributed by atoms with Crippen LogP contribution in [0.25, 0.3) is 0 Å². The highest BCUT2D eigenvalue weighted by atomic mass is 127. The van der Waals surface area contributed by atoms with Gasteiger partial charge in [0, 0.05) is 31.2 Å². The fourth-order valence-corrected chi connectivity index (χ4v) is 3.18. The van der Waals surface area contributed by atoms with Crippen molar-refractivity contribution in [3.05, 3.63) is 34.9 Å². The van der Waals surface area contributed by atoms with E-state index in [0.29, 0.717) is 25.9 Å². The van der Waals surface area contributed by atoms with E-state index >= 15 is 0 Å². The first-order valence-corrected chi connectivity index (χ1v) is 10.2. The molecule has 162 valence electrons. The molecule has 0 spiro atoms. The monoisotopic (exact) mass is 535 g/mol. The third-order valence-corrected chi connectivity index (χ3v) is 5.04. The summed E-state index contributed by atoms with van der Waals surface area (Å²) in [6, 6.07) is 7.48. The molecule has 1 aliphatic rings. The lowest BCUT2D eigenvalue weighted by Crippen LogP contribution is -2.43. The molecular weight excluding hydrogens is 505 g/mol. The molecule has 0 saturated carbocycles. The van der Waals surface area contributed by atoms with Gasteiger partial charge < -0.3 is 16.0 Å². The summed E-state index contributed by atoms with van der Waals surface area (Å²) in [5.74, 6) is 0.565. The number of hydrogen-bond acceptors (Lipinski definition) is 3. The highest BCUT2D eigenvalue weighted by Crippen LogP contribution is 2.20. The molecule has 3 N–H and O–H groups in total. The zero-order valence-electron chi connectivity index (χ0n) is 17.3. The number of benzene rings is 1. The van der Waals surface area contributed by atoms with Gasteiger partial charge in [0.05, 0.1) is 0 Å². The van der Waals surface area contributed by atoms with Crippen LogP contribution in [-0.2, 0) is 11.2 Å². The summed E-state index contributed by atoms with van der Waals surface area (Å²) in [7, 11) is 0. The van der Waals surface area contributed by atoms with Gasteiger partial charge >= 0.3 is 6.03 Å². The van der Waals surface area contributed by atoms with Gasteiger partial charge in [-0.25, -0.2) is 4.79 Å². The van der Waals surface area contributed by atoms with Crippen molar-refractivity contribution in [2.45, 2.75) is 45.6 Å². The Morgan fingerprint density at radius 3 is 2.66 bits per heavy atom. The summed E-state index contributed by atoms with van der Waals surface area (Å²) >= 11 is 6.01. The molecule has 0 aromatic heterocycles. The van der Waals surface area contributed by atoms with Crippen molar-refractivity contribution in [3.63, 3.8) is 0 Å². The smallest absolute Gasteiger partial charge is 0.325 e. The van der Waals surface area contributed by atoms with Crippen molar-refractivity contribution in [2.24, 2.45) is 4.99 Å². The Morgan fingerprint density at radius 2 is 2.03 bits per heavy atom. The van der Waals surface area contributed by atoms with Crippen LogP contribution in [0.15, 0.2) is 29.3 Å². The minimum absolute atomic E-state index is 0. The molecule has 1 saturated heterocycles. The van der Waals surface area contributed by atoms with E-state index in [1.165, 1.54) is 4.90 Å². The highest BCUT2D eigenvalue weighted by Gasteiger charge is 2.45. The number of carbonyl (C=O) groups is 2. The molecule has 2 rings (SSSR count). The van der Waals surface area contributed by atoms with Gasteiger partial charge in [-0.1, -0.05) is 30.7 Å². The van der Waals surface area contributed by atoms with Gasteiger partial charge in [-0.3, -0.25) is 14.7 Å². The van der Waals surface area contributed by atoms with E-state index in [9.17, 15) is 9.59 Å². The molecule has 3 amide bonds. The van der Waals surface area contributed by atoms with E-state index in [1.54, 1.807) is 6.92 Å². The average molecular weight is 536 g/mol. The topological polar surface area (TPSA) is 85.8 Å². The molecule has 1 aliphatic heterocycles. The molecule has 0 bridgehead atoms. The lowest BCUT2D eigenvalue weighted by molar-refractivity contribution is -0.130. The van der Waals surface area contributed by atoms with Gasteiger partial charge in [0.25, 0.3) is 5.91 Å². The normalized spacial score (nSPS) is 19.0. The Balaban J connectivity index is 0.00000420. The van der Waals surface area contributed by atoms with Gasteiger partial charge in [0.15, 0.2) is 5.96 Å². The SMILES string of the molecule is CCNC(=NCCCN1C(=O)NC(C)(CC)C1=O)NCCc1cccc(Cl)c1.I. The fraction of sp³-hybridized carbons (Fsp3) is 0.550. The number of carbonyl (C=O) groups excluding carboxylic acids is 2. The first-order valence-electron chi connectivity index (χ1n) is 9.80. The minimum Gasteiger partial charge on any atom is -0.357 e. The predicted molar refractivity (Wildman–Crippen MR) is 128 cm³/mol. The van der Waals surface area contributed by atoms with Gasteiger partial charge in [0.1, 0.15) is 5.54 Å². The number of nitrogens with zero attached hydrogens (tertiary/aromatic N) is 2. The number of amides is 3. The Bertz CT molecular complexity index is 731. The molecule has 29 heavy (non-hydrogen) atoms. The van der Waals surface area contributed by atoms with Crippen LogP contribution in [0.1, 0.15) is 39.2 Å². The van der Waals surface area contributed by atoms with E-state index in [-0.39, 0.29) is 35.9 Å². The van der Waals surface area contributed by atoms with Crippen molar-refractivity contribution in [3.8, 4) is 0 Å². The summed E-state index contributed by atoms with van der Waals surface area (Å²) in [6.07, 6.45) is 2.03. The van der Waals surface area contributed by atoms with E-state index in [2.05, 4.69) is 20.9 Å². The maximum Gasteiger partial charge on any atom is 0.325 e. The highest BCUT2D eigenvalue weighted by molar-refractivity contribution is 14.0. The summed E-state index contributed by atoms with van der Waals surface area (Å²) in [5.41, 5.74) is 0.380. The van der Waals surface area contributed by atoms with Gasteiger partial charge in [-0.15, -0.1) is 24.0 Å². The van der Waals surface area contributed by atoms with E-state index in [4.69, 9.17) is 11.6 Å². The van der Waals surface area contributed by atoms with Crippen LogP contribution in [0, 0.1) is 0 Å². The van der Waals surface area contributed by atoms with Crippen LogP contribution < -0.4 is 16.0 Å². The van der Waals surface area contributed by atoms with Crippen LogP contribution >= 0.6 is 35.6 Å². The van der Waals surface area contributed by atoms with Crippen molar-refractivity contribution in [2.75, 3.05) is 26.2 Å². The maximum atomic E-state index is 12.4. The Labute approximate surface area is 195 Å². The average Bonchev–Trinajstić information content (AvgIpc) is 2.88. The first-order chi connectivity index (χ1) is 13.4. The van der Waals surface area contributed by atoms with Crippen molar-refractivity contribution < 1.29 is 9.59 Å². The number of urea groups is 1. The minimum atomic E-state index is -0.781. The molecule has 1 unspecified atom stereocenters. The molecular formula is C20H31ClIN5O2. The van der Waals surface area contributed by atoms with Gasteiger partial charge in [0.2, 0.25) is 0 Å². The molecule has 1 heterocycles. The number of guanidine groups is 1. The molecule has 0 aliphatic carbocycles. The largest absolute Gasteiger partial charge is 0.357 e. The Morgan fingerprint density at radius 1 is 1.28 bits per heavy atom. The van der Waals surface area contributed by atoms with Gasteiger partial charge in [-0.05, 0) is 50.8 Å². The second kappa shape index (κ2) is 12.2. The zero-order valence-corrected chi connectivity index (χ0v) is 20.3. The lowest BCUT2D eigenvalue weighted by atomic mass is 9.99. The quantitative estimate of drug-likeness (QED) is 0.149. The number of halogens is 2. The lowest BCUT2D eigenvalue weighted by Gasteiger charge is -2.19. The molecule has 1 atom stereocenters. The first kappa shape index (κ1) is 25.5. The Hall–Kier alpha value is -1.55. The molecule has 9 heteroatoms. The molecule has 1 aromatic carbocycles. The van der Waals surface area contributed by atoms with Crippen molar-refractivity contribution in [1.29, 1.82) is 0 Å². The zero-order chi connectivity index (χ0) is 20.6. The summed E-state index contributed by atoms with van der Waals surface area (Å²) in [5, 5.41) is 9.99. The summed E-state index contributed by atoms with van der Waals surface area (Å²) in [4.78, 5) is 30.2. The van der Waals surface area contributed by atoms with E-state index in [1.807, 2.05) is 38.1 Å². The summed E-state index contributed by atoms with van der Waals surface area (Å²) < 4.78 is 0. The molecule has 0 radical (unpaired) electrons. The van der Waals surface area contributed by atoms with E-state index < -0.39 is 5.54 Å². The maximum absolute atomic E-state index is 12.4. The number of imide groups is 1. The second-order valence-corrected chi connectivity index (χ2v) is 7.43. The van der Waals surface area contributed by atoms with E-state index in [0.717, 1.165) is 36.1 Å². The fourth-order valence-electron chi connectivity index (χ4n) is 2.97. The molecule has 7 nitrogen and oxygen atoms in total. The predicted octanol–water partition coefficient (Wildman–Crippen LogP) is 3.17. The van der Waals surface area contributed by atoms with Crippen molar-refractivity contribution in [1.82, 2.24) is 20.9 Å². The van der Waals surface area contributed by atoms with Crippen LogP contribution in [-0.4, -0.2) is 54.5 Å². The number of hydrogen-bond donors (Lipinski definition) is 3. The van der Waals surface area contributed by atoms with Crippen molar-refractivity contribution >= 4 is 53.5 Å². The standard InChI is InChI=1S/C20H30ClN5O2.HI/c1-4-20(3)17(27)26(19(28)25-20)13-7-11-23-18(22-5-2)24-12-10-15-8-6-9-16(21)14-15;/h6,8-9,14H,4-5,7,10-13H2,1-3H3,(H,25,28)(H2,22,23,24);1H. The molecule has 1 aromatic rings. The summed E-state index contributed by atoms with van der Waals surface area (Å²) in [6.45, 7) is 8.03. The van der Waals surface area contributed by atoms with Crippen LogP contribution in [0.2, 0.25) is 5.02 Å². The van der Waals surface area contributed by atoms with Crippen LogP contribution in [0.3, 0.4) is 0 Å². The van der Waals surface area contributed by atoms with Gasteiger partial charge in [-0.2, -0.15) is 0 Å². The number of rotatable bonds is 9. The third kappa shape index (κ3) is 7.33. The molecule has 1 fully saturated rings. The Kier molecular flexibility index (Phi) is 10.7. The number of aliphatic imine (C=N–C) groups is 1. The number of nitrogens with one attached hydrogen (secondary N) is 3. The van der Waals surface area contributed by atoms with Crippen LogP contribution in [0.4, 0.5) is 4.79 Å².